The highest BCUT2D eigenvalue weighted by Gasteiger charge is 2.39. The molecular formula is C17H21NO4S2. The number of benzene rings is 1. The molecule has 0 spiro atoms. The fraction of sp³-hybridized carbons (Fsp3) is 0.412. The number of thiocarbonyl (C=S) groups is 1. The van der Waals surface area contributed by atoms with Crippen molar-refractivity contribution < 1.29 is 19.0 Å². The summed E-state index contributed by atoms with van der Waals surface area (Å²) in [6.45, 7) is 5.88. The molecule has 0 radical (unpaired) electrons. The van der Waals surface area contributed by atoms with E-state index in [-0.39, 0.29) is 11.4 Å². The van der Waals surface area contributed by atoms with Crippen molar-refractivity contribution in [2.24, 2.45) is 0 Å². The lowest BCUT2D eigenvalue weighted by atomic mass is 10.1. The second-order valence-corrected chi connectivity index (χ2v) is 7.82. The first-order valence-electron chi connectivity index (χ1n) is 7.31. The van der Waals surface area contributed by atoms with Gasteiger partial charge in [0, 0.05) is 5.54 Å². The Balaban J connectivity index is 2.45. The first-order valence-corrected chi connectivity index (χ1v) is 8.53. The van der Waals surface area contributed by atoms with Crippen LogP contribution >= 0.6 is 24.0 Å². The molecule has 24 heavy (non-hydrogen) atoms. The second kappa shape index (κ2) is 7.03. The van der Waals surface area contributed by atoms with Gasteiger partial charge in [0.25, 0.3) is 5.91 Å². The van der Waals surface area contributed by atoms with Crippen molar-refractivity contribution in [2.45, 2.75) is 26.3 Å². The maximum Gasteiger partial charge on any atom is 0.266 e. The predicted octanol–water partition coefficient (Wildman–Crippen LogP) is 3.71. The summed E-state index contributed by atoms with van der Waals surface area (Å²) in [7, 11) is 4.66. The molecule has 1 amide bonds. The van der Waals surface area contributed by atoms with E-state index in [1.54, 1.807) is 44.4 Å². The molecule has 0 N–H and O–H groups in total. The summed E-state index contributed by atoms with van der Waals surface area (Å²) >= 11 is 6.65. The molecule has 1 fully saturated rings. The molecule has 0 unspecified atom stereocenters. The molecule has 0 aliphatic carbocycles. The first kappa shape index (κ1) is 18.6. The molecule has 0 saturated carbocycles. The van der Waals surface area contributed by atoms with E-state index in [1.807, 2.05) is 20.8 Å². The number of methoxy groups -OCH3 is 3. The van der Waals surface area contributed by atoms with Crippen LogP contribution < -0.4 is 14.2 Å². The quantitative estimate of drug-likeness (QED) is 0.597. The van der Waals surface area contributed by atoms with Gasteiger partial charge in [0.1, 0.15) is 4.32 Å². The van der Waals surface area contributed by atoms with Gasteiger partial charge in [-0.2, -0.15) is 0 Å². The van der Waals surface area contributed by atoms with Crippen molar-refractivity contribution in [3.05, 3.63) is 22.6 Å². The number of ether oxygens (including phenoxy) is 3. The number of thioether (sulfide) groups is 1. The number of carbonyl (C=O) groups is 1. The largest absolute Gasteiger partial charge is 0.493 e. The Morgan fingerprint density at radius 3 is 2.00 bits per heavy atom. The number of rotatable bonds is 4. The zero-order chi connectivity index (χ0) is 18.1. The van der Waals surface area contributed by atoms with E-state index in [0.717, 1.165) is 5.56 Å². The zero-order valence-corrected chi connectivity index (χ0v) is 16.3. The Morgan fingerprint density at radius 2 is 1.62 bits per heavy atom. The van der Waals surface area contributed by atoms with Crippen LogP contribution in [0.5, 0.6) is 17.2 Å². The number of hydrogen-bond donors (Lipinski definition) is 0. The van der Waals surface area contributed by atoms with Crippen LogP contribution in [-0.4, -0.2) is 42.0 Å². The molecule has 1 aliphatic heterocycles. The summed E-state index contributed by atoms with van der Waals surface area (Å²) in [4.78, 5) is 14.9. The fourth-order valence-corrected chi connectivity index (χ4v) is 4.02. The number of amides is 1. The van der Waals surface area contributed by atoms with Gasteiger partial charge in [-0.3, -0.25) is 9.69 Å². The number of carbonyl (C=O) groups excluding carboxylic acids is 1. The molecule has 0 bridgehead atoms. The van der Waals surface area contributed by atoms with Crippen LogP contribution in [0.1, 0.15) is 26.3 Å². The van der Waals surface area contributed by atoms with E-state index in [9.17, 15) is 4.79 Å². The van der Waals surface area contributed by atoms with Crippen LogP contribution in [0, 0.1) is 0 Å². The van der Waals surface area contributed by atoms with Crippen LogP contribution in [0.3, 0.4) is 0 Å². The SMILES string of the molecule is COc1cc(/C=C2\SC(=S)N(C(C)(C)C)C2=O)cc(OC)c1OC. The van der Waals surface area contributed by atoms with E-state index in [4.69, 9.17) is 26.4 Å². The molecule has 130 valence electrons. The fourth-order valence-electron chi connectivity index (χ4n) is 2.38. The monoisotopic (exact) mass is 367 g/mol. The molecule has 1 saturated heterocycles. The molecule has 2 rings (SSSR count). The minimum Gasteiger partial charge on any atom is -0.493 e. The molecule has 0 aromatic heterocycles. The van der Waals surface area contributed by atoms with Gasteiger partial charge in [0.05, 0.1) is 26.2 Å². The smallest absolute Gasteiger partial charge is 0.266 e. The average molecular weight is 367 g/mol. The molecule has 0 atom stereocenters. The number of nitrogens with zero attached hydrogens (tertiary/aromatic N) is 1. The first-order chi connectivity index (χ1) is 11.2. The summed E-state index contributed by atoms with van der Waals surface area (Å²) in [6.07, 6.45) is 1.79. The molecule has 1 aliphatic rings. The van der Waals surface area contributed by atoms with Crippen LogP contribution in [0.15, 0.2) is 17.0 Å². The summed E-state index contributed by atoms with van der Waals surface area (Å²) in [6, 6.07) is 3.59. The van der Waals surface area contributed by atoms with E-state index in [0.29, 0.717) is 26.5 Å². The summed E-state index contributed by atoms with van der Waals surface area (Å²) in [5.74, 6) is 1.49. The molecule has 5 nitrogen and oxygen atoms in total. The van der Waals surface area contributed by atoms with Gasteiger partial charge >= 0.3 is 0 Å². The van der Waals surface area contributed by atoms with Crippen molar-refractivity contribution >= 4 is 40.3 Å². The van der Waals surface area contributed by atoms with E-state index in [1.165, 1.54) is 11.8 Å². The van der Waals surface area contributed by atoms with Gasteiger partial charge in [-0.1, -0.05) is 24.0 Å². The third-order valence-electron chi connectivity index (χ3n) is 3.45. The normalized spacial score (nSPS) is 16.8. The van der Waals surface area contributed by atoms with Crippen molar-refractivity contribution in [2.75, 3.05) is 21.3 Å². The standard InChI is InChI=1S/C17H21NO4S2/c1-17(2,3)18-15(19)13(24-16(18)23)9-10-7-11(20-4)14(22-6)12(8-10)21-5/h7-9H,1-6H3/b13-9-. The maximum atomic E-state index is 12.7. The second-order valence-electron chi connectivity index (χ2n) is 6.15. The van der Waals surface area contributed by atoms with Crippen LogP contribution in [0.25, 0.3) is 6.08 Å². The minimum atomic E-state index is -0.355. The third-order valence-corrected chi connectivity index (χ3v) is 4.75. The Bertz CT molecular complexity index is 682. The van der Waals surface area contributed by atoms with Gasteiger partial charge in [-0.15, -0.1) is 0 Å². The van der Waals surface area contributed by atoms with Gasteiger partial charge in [-0.05, 0) is 44.5 Å². The highest BCUT2D eigenvalue weighted by atomic mass is 32.2. The van der Waals surface area contributed by atoms with Crippen LogP contribution in [-0.2, 0) is 4.79 Å². The predicted molar refractivity (Wildman–Crippen MR) is 101 cm³/mol. The lowest BCUT2D eigenvalue weighted by Crippen LogP contribution is -2.44. The summed E-state index contributed by atoms with van der Waals surface area (Å²) in [5, 5.41) is 0. The van der Waals surface area contributed by atoms with Crippen LogP contribution in [0.2, 0.25) is 0 Å². The minimum absolute atomic E-state index is 0.0914. The van der Waals surface area contributed by atoms with Crippen molar-refractivity contribution in [3.8, 4) is 17.2 Å². The Hall–Kier alpha value is -1.73. The summed E-state index contributed by atoms with van der Waals surface area (Å²) < 4.78 is 16.6. The zero-order valence-electron chi connectivity index (χ0n) is 14.6. The van der Waals surface area contributed by atoms with Crippen molar-refractivity contribution in [1.29, 1.82) is 0 Å². The Kier molecular flexibility index (Phi) is 5.45. The Morgan fingerprint density at radius 1 is 1.08 bits per heavy atom. The number of hydrogen-bond acceptors (Lipinski definition) is 6. The van der Waals surface area contributed by atoms with Gasteiger partial charge in [-0.25, -0.2) is 0 Å². The molecule has 1 aromatic rings. The highest BCUT2D eigenvalue weighted by molar-refractivity contribution is 8.26. The topological polar surface area (TPSA) is 48.0 Å². The molecule has 1 heterocycles. The molecule has 7 heteroatoms. The lowest BCUT2D eigenvalue weighted by Gasteiger charge is -2.30. The van der Waals surface area contributed by atoms with Gasteiger partial charge in [0.15, 0.2) is 11.5 Å². The van der Waals surface area contributed by atoms with Crippen LogP contribution in [0.4, 0.5) is 0 Å². The molecular weight excluding hydrogens is 346 g/mol. The van der Waals surface area contributed by atoms with E-state index >= 15 is 0 Å². The highest BCUT2D eigenvalue weighted by Crippen LogP contribution is 2.41. The maximum absolute atomic E-state index is 12.7. The lowest BCUT2D eigenvalue weighted by molar-refractivity contribution is -0.125. The van der Waals surface area contributed by atoms with Crippen molar-refractivity contribution in [1.82, 2.24) is 4.90 Å². The average Bonchev–Trinajstić information content (AvgIpc) is 2.79. The third kappa shape index (κ3) is 3.52. The summed E-state index contributed by atoms with van der Waals surface area (Å²) in [5.41, 5.74) is 0.422. The van der Waals surface area contributed by atoms with Gasteiger partial charge in [0.2, 0.25) is 5.75 Å². The molecule has 1 aromatic carbocycles. The Labute approximate surface area is 151 Å². The van der Waals surface area contributed by atoms with Crippen molar-refractivity contribution in [3.63, 3.8) is 0 Å². The van der Waals surface area contributed by atoms with E-state index in [2.05, 4.69) is 0 Å². The van der Waals surface area contributed by atoms with Gasteiger partial charge < -0.3 is 14.2 Å². The van der Waals surface area contributed by atoms with E-state index < -0.39 is 0 Å².